The van der Waals surface area contributed by atoms with Gasteiger partial charge < -0.3 is 9.47 Å². The van der Waals surface area contributed by atoms with Crippen LogP contribution in [0.25, 0.3) is 11.3 Å². The highest BCUT2D eigenvalue weighted by Gasteiger charge is 2.16. The van der Waals surface area contributed by atoms with Gasteiger partial charge in [-0.2, -0.15) is 0 Å². The minimum atomic E-state index is -0.300. The van der Waals surface area contributed by atoms with Crippen LogP contribution in [0.4, 0.5) is 9.52 Å². The van der Waals surface area contributed by atoms with E-state index in [1.165, 1.54) is 23.5 Å². The number of hydrogen-bond acceptors (Lipinski definition) is 5. The summed E-state index contributed by atoms with van der Waals surface area (Å²) in [5.74, 6) is 0.615. The number of aromatic nitrogens is 1. The molecular formula is C18H13FN2O3S. The molecule has 7 heteroatoms. The molecule has 1 N–H and O–H groups in total. The zero-order valence-electron chi connectivity index (χ0n) is 13.0. The maximum absolute atomic E-state index is 13.0. The average molecular weight is 356 g/mol. The Morgan fingerprint density at radius 3 is 2.64 bits per heavy atom. The molecule has 0 radical (unpaired) electrons. The summed E-state index contributed by atoms with van der Waals surface area (Å²) < 4.78 is 23.9. The molecule has 0 fully saturated rings. The first-order chi connectivity index (χ1) is 12.2. The fraction of sp³-hybridized carbons (Fsp3) is 0.111. The number of ether oxygens (including phenoxy) is 2. The highest BCUT2D eigenvalue weighted by molar-refractivity contribution is 7.14. The first kappa shape index (κ1) is 15.6. The molecule has 3 aromatic rings. The van der Waals surface area contributed by atoms with Crippen molar-refractivity contribution in [2.24, 2.45) is 0 Å². The van der Waals surface area contributed by atoms with Crippen LogP contribution in [0.5, 0.6) is 11.5 Å². The molecule has 126 valence electrons. The van der Waals surface area contributed by atoms with Gasteiger partial charge in [0.15, 0.2) is 16.6 Å². The van der Waals surface area contributed by atoms with Crippen LogP contribution in [0, 0.1) is 5.82 Å². The second-order valence-electron chi connectivity index (χ2n) is 5.36. The Morgan fingerprint density at radius 1 is 1.08 bits per heavy atom. The number of hydrogen-bond donors (Lipinski definition) is 1. The van der Waals surface area contributed by atoms with E-state index in [2.05, 4.69) is 10.3 Å². The number of fused-ring (bicyclic) bond motifs is 1. The standard InChI is InChI=1S/C18H13FN2O3S/c19-13-4-1-11(2-5-13)14-10-25-18(20-14)21-17(22)12-3-6-15-16(9-12)24-8-7-23-15/h1-6,9-10H,7-8H2,(H,20,21,22). The highest BCUT2D eigenvalue weighted by atomic mass is 32.1. The molecule has 0 atom stereocenters. The van der Waals surface area contributed by atoms with Crippen LogP contribution >= 0.6 is 11.3 Å². The lowest BCUT2D eigenvalue weighted by molar-refractivity contribution is 0.102. The van der Waals surface area contributed by atoms with Gasteiger partial charge in [-0.1, -0.05) is 0 Å². The molecule has 5 nitrogen and oxygen atoms in total. The van der Waals surface area contributed by atoms with E-state index in [9.17, 15) is 9.18 Å². The maximum Gasteiger partial charge on any atom is 0.257 e. The Labute approximate surface area is 147 Å². The number of thiazole rings is 1. The number of benzene rings is 2. The summed E-state index contributed by atoms with van der Waals surface area (Å²) >= 11 is 1.31. The Bertz CT molecular complexity index is 924. The van der Waals surface area contributed by atoms with Gasteiger partial charge in [-0.05, 0) is 42.5 Å². The Balaban J connectivity index is 1.50. The highest BCUT2D eigenvalue weighted by Crippen LogP contribution is 2.31. The lowest BCUT2D eigenvalue weighted by atomic mass is 10.2. The first-order valence-electron chi connectivity index (χ1n) is 7.61. The van der Waals surface area contributed by atoms with Gasteiger partial charge in [0, 0.05) is 16.5 Å². The molecule has 1 aliphatic heterocycles. The molecule has 1 aromatic heterocycles. The summed E-state index contributed by atoms with van der Waals surface area (Å²) in [7, 11) is 0. The number of amides is 1. The van der Waals surface area contributed by atoms with Gasteiger partial charge in [0.2, 0.25) is 0 Å². The van der Waals surface area contributed by atoms with Crippen molar-refractivity contribution in [1.82, 2.24) is 4.98 Å². The minimum Gasteiger partial charge on any atom is -0.486 e. The molecule has 25 heavy (non-hydrogen) atoms. The summed E-state index contributed by atoms with van der Waals surface area (Å²) in [5, 5.41) is 5.05. The molecule has 1 aliphatic rings. The molecule has 2 aromatic carbocycles. The molecule has 1 amide bonds. The van der Waals surface area contributed by atoms with Crippen molar-refractivity contribution in [3.05, 3.63) is 59.2 Å². The molecule has 0 bridgehead atoms. The minimum absolute atomic E-state index is 0.281. The number of anilines is 1. The van der Waals surface area contributed by atoms with Gasteiger partial charge >= 0.3 is 0 Å². The van der Waals surface area contributed by atoms with Gasteiger partial charge in [-0.25, -0.2) is 9.37 Å². The van der Waals surface area contributed by atoms with Crippen LogP contribution < -0.4 is 14.8 Å². The fourth-order valence-electron chi connectivity index (χ4n) is 2.44. The zero-order chi connectivity index (χ0) is 17.2. The van der Waals surface area contributed by atoms with E-state index in [0.717, 1.165) is 5.56 Å². The normalized spacial score (nSPS) is 12.7. The topological polar surface area (TPSA) is 60.5 Å². The van der Waals surface area contributed by atoms with E-state index in [1.54, 1.807) is 30.3 Å². The largest absolute Gasteiger partial charge is 0.486 e. The van der Waals surface area contributed by atoms with E-state index in [4.69, 9.17) is 9.47 Å². The van der Waals surface area contributed by atoms with Crippen molar-refractivity contribution in [2.75, 3.05) is 18.5 Å². The molecule has 4 rings (SSSR count). The molecule has 0 aliphatic carbocycles. The summed E-state index contributed by atoms with van der Waals surface area (Å²) in [4.78, 5) is 16.8. The van der Waals surface area contributed by atoms with Crippen LogP contribution in [0.15, 0.2) is 47.8 Å². The molecule has 0 unspecified atom stereocenters. The predicted octanol–water partition coefficient (Wildman–Crippen LogP) is 3.97. The zero-order valence-corrected chi connectivity index (χ0v) is 13.8. The van der Waals surface area contributed by atoms with Crippen molar-refractivity contribution in [3.8, 4) is 22.8 Å². The summed E-state index contributed by atoms with van der Waals surface area (Å²) in [6.07, 6.45) is 0. The van der Waals surface area contributed by atoms with Gasteiger partial charge in [0.1, 0.15) is 19.0 Å². The third kappa shape index (κ3) is 3.32. The second-order valence-corrected chi connectivity index (χ2v) is 6.22. The number of halogens is 1. The van der Waals surface area contributed by atoms with Gasteiger partial charge in [0.25, 0.3) is 5.91 Å². The average Bonchev–Trinajstić information content (AvgIpc) is 3.10. The van der Waals surface area contributed by atoms with Crippen molar-refractivity contribution in [2.45, 2.75) is 0 Å². The third-order valence-corrected chi connectivity index (χ3v) is 4.43. The third-order valence-electron chi connectivity index (χ3n) is 3.67. The first-order valence-corrected chi connectivity index (χ1v) is 8.49. The van der Waals surface area contributed by atoms with E-state index in [0.29, 0.717) is 41.1 Å². The lowest BCUT2D eigenvalue weighted by Gasteiger charge is -2.18. The number of carbonyl (C=O) groups is 1. The summed E-state index contributed by atoms with van der Waals surface area (Å²) in [6, 6.07) is 11.1. The van der Waals surface area contributed by atoms with Gasteiger partial charge in [-0.3, -0.25) is 10.1 Å². The van der Waals surface area contributed by atoms with E-state index >= 15 is 0 Å². The van der Waals surface area contributed by atoms with Crippen molar-refractivity contribution < 1.29 is 18.7 Å². The predicted molar refractivity (Wildman–Crippen MR) is 92.9 cm³/mol. The number of carbonyl (C=O) groups excluding carboxylic acids is 1. The van der Waals surface area contributed by atoms with E-state index in [-0.39, 0.29) is 11.7 Å². The molecular weight excluding hydrogens is 343 g/mol. The molecule has 0 saturated heterocycles. The monoisotopic (exact) mass is 356 g/mol. The van der Waals surface area contributed by atoms with Crippen LogP contribution in [0.3, 0.4) is 0 Å². The SMILES string of the molecule is O=C(Nc1nc(-c2ccc(F)cc2)cs1)c1ccc2c(c1)OCCO2. The van der Waals surface area contributed by atoms with Crippen molar-refractivity contribution in [1.29, 1.82) is 0 Å². The van der Waals surface area contributed by atoms with Crippen LogP contribution in [-0.4, -0.2) is 24.1 Å². The Morgan fingerprint density at radius 2 is 1.84 bits per heavy atom. The number of nitrogens with zero attached hydrogens (tertiary/aromatic N) is 1. The lowest BCUT2D eigenvalue weighted by Crippen LogP contribution is -2.17. The smallest absolute Gasteiger partial charge is 0.257 e. The Hall–Kier alpha value is -2.93. The fourth-order valence-corrected chi connectivity index (χ4v) is 3.15. The molecule has 0 saturated carbocycles. The van der Waals surface area contributed by atoms with Gasteiger partial charge in [-0.15, -0.1) is 11.3 Å². The number of nitrogens with one attached hydrogen (secondary N) is 1. The summed E-state index contributed by atoms with van der Waals surface area (Å²) in [5.41, 5.74) is 1.93. The summed E-state index contributed by atoms with van der Waals surface area (Å²) in [6.45, 7) is 0.968. The van der Waals surface area contributed by atoms with E-state index < -0.39 is 0 Å². The molecule has 0 spiro atoms. The van der Waals surface area contributed by atoms with Gasteiger partial charge in [0.05, 0.1) is 5.69 Å². The Kier molecular flexibility index (Phi) is 4.07. The van der Waals surface area contributed by atoms with Crippen molar-refractivity contribution in [3.63, 3.8) is 0 Å². The van der Waals surface area contributed by atoms with Crippen LogP contribution in [0.1, 0.15) is 10.4 Å². The van der Waals surface area contributed by atoms with Crippen molar-refractivity contribution >= 4 is 22.4 Å². The maximum atomic E-state index is 13.0. The molecule has 2 heterocycles. The number of rotatable bonds is 3. The quantitative estimate of drug-likeness (QED) is 0.771. The van der Waals surface area contributed by atoms with Crippen LogP contribution in [-0.2, 0) is 0 Å². The van der Waals surface area contributed by atoms with Crippen LogP contribution in [0.2, 0.25) is 0 Å². The van der Waals surface area contributed by atoms with E-state index in [1.807, 2.05) is 5.38 Å². The second kappa shape index (κ2) is 6.52.